The number of aryl methyl sites for hydroxylation is 2. The van der Waals surface area contributed by atoms with Gasteiger partial charge in [0.15, 0.2) is 0 Å². The van der Waals surface area contributed by atoms with Gasteiger partial charge in [-0.3, -0.25) is 23.7 Å². The molecule has 6 rings (SSSR count). The van der Waals surface area contributed by atoms with Crippen LogP contribution < -0.4 is 15.1 Å². The lowest BCUT2D eigenvalue weighted by atomic mass is 9.87. The summed E-state index contributed by atoms with van der Waals surface area (Å²) >= 11 is 3.78. The molecular formula is C28H23N3O4S3. The fourth-order valence-electron chi connectivity index (χ4n) is 4.96. The molecule has 2 aromatic heterocycles. The molecule has 0 unspecified atom stereocenters. The minimum absolute atomic E-state index is 0.177. The summed E-state index contributed by atoms with van der Waals surface area (Å²) in [4.78, 5) is 56.2. The Labute approximate surface area is 231 Å². The van der Waals surface area contributed by atoms with Crippen molar-refractivity contribution in [1.82, 2.24) is 4.57 Å². The Bertz CT molecular complexity index is 1600. The minimum atomic E-state index is -0.691. The summed E-state index contributed by atoms with van der Waals surface area (Å²) in [5.41, 5.74) is 3.30. The van der Waals surface area contributed by atoms with Crippen LogP contribution in [0.5, 0.6) is 0 Å². The van der Waals surface area contributed by atoms with E-state index < -0.39 is 17.1 Å². The second-order valence-corrected chi connectivity index (χ2v) is 12.5. The average molecular weight is 562 g/mol. The number of anilines is 2. The van der Waals surface area contributed by atoms with Crippen LogP contribution in [0.4, 0.5) is 11.4 Å². The predicted molar refractivity (Wildman–Crippen MR) is 151 cm³/mol. The van der Waals surface area contributed by atoms with E-state index in [1.54, 1.807) is 12.1 Å². The smallest absolute Gasteiger partial charge is 0.308 e. The van der Waals surface area contributed by atoms with Crippen molar-refractivity contribution in [3.05, 3.63) is 96.6 Å². The molecule has 2 aliphatic rings. The lowest BCUT2D eigenvalue weighted by molar-refractivity contribution is -0.122. The van der Waals surface area contributed by atoms with E-state index in [1.807, 2.05) is 67.8 Å². The molecular weight excluding hydrogens is 539 g/mol. The summed E-state index contributed by atoms with van der Waals surface area (Å²) in [5.74, 6) is -1.95. The molecule has 3 amide bonds. The van der Waals surface area contributed by atoms with E-state index in [2.05, 4.69) is 5.32 Å². The normalized spacial score (nSPS) is 20.4. The number of nitrogens with one attached hydrogen (secondary N) is 1. The van der Waals surface area contributed by atoms with Crippen LogP contribution >= 0.6 is 34.4 Å². The van der Waals surface area contributed by atoms with Gasteiger partial charge in [-0.05, 0) is 49.6 Å². The topological polar surface area (TPSA) is 88.5 Å². The fraction of sp³-hybridized carbons (Fsp3) is 0.214. The van der Waals surface area contributed by atoms with Gasteiger partial charge in [-0.1, -0.05) is 64.6 Å². The van der Waals surface area contributed by atoms with E-state index in [-0.39, 0.29) is 29.1 Å². The largest absolute Gasteiger partial charge is 0.325 e. The number of thioether (sulfide) groups is 1. The zero-order chi connectivity index (χ0) is 26.6. The maximum Gasteiger partial charge on any atom is 0.308 e. The van der Waals surface area contributed by atoms with Crippen molar-refractivity contribution < 1.29 is 14.4 Å². The van der Waals surface area contributed by atoms with Crippen LogP contribution in [0.2, 0.25) is 0 Å². The molecule has 2 aliphatic heterocycles. The van der Waals surface area contributed by atoms with Crippen molar-refractivity contribution in [2.24, 2.45) is 5.92 Å². The Morgan fingerprint density at radius 2 is 1.61 bits per heavy atom. The van der Waals surface area contributed by atoms with Crippen LogP contribution in [0.25, 0.3) is 0 Å². The third-order valence-electron chi connectivity index (χ3n) is 6.83. The van der Waals surface area contributed by atoms with E-state index in [4.69, 9.17) is 0 Å². The molecule has 192 valence electrons. The standard InChI is InChI=1S/C28H23N3O4S3/c1-15-5-9-17(10-6-15)29-20(32)14-30-27-24(38-28(30)35)21(19-4-3-13-36-19)22-23(37-27)26(34)31(25(22)33)18-11-7-16(2)8-12-18/h3-13,21-23H,14H2,1-2H3,(H,29,32)/t21-,22+,23-/m0/s1. The average Bonchev–Trinajstić information content (AvgIpc) is 3.59. The molecule has 0 spiro atoms. The van der Waals surface area contributed by atoms with Gasteiger partial charge in [0.2, 0.25) is 17.7 Å². The lowest BCUT2D eigenvalue weighted by Crippen LogP contribution is -2.32. The number of carbonyl (C=O) groups excluding carboxylic acids is 3. The molecule has 0 radical (unpaired) electrons. The Morgan fingerprint density at radius 1 is 0.921 bits per heavy atom. The summed E-state index contributed by atoms with van der Waals surface area (Å²) in [7, 11) is 0. The first-order valence-corrected chi connectivity index (χ1v) is 14.6. The molecule has 0 aliphatic carbocycles. The molecule has 4 heterocycles. The van der Waals surface area contributed by atoms with Gasteiger partial charge in [0.1, 0.15) is 11.8 Å². The highest BCUT2D eigenvalue weighted by molar-refractivity contribution is 8.00. The van der Waals surface area contributed by atoms with Gasteiger partial charge >= 0.3 is 4.87 Å². The third kappa shape index (κ3) is 4.22. The van der Waals surface area contributed by atoms with Gasteiger partial charge < -0.3 is 5.32 Å². The number of amides is 3. The summed E-state index contributed by atoms with van der Waals surface area (Å²) in [6.45, 7) is 3.74. The molecule has 10 heteroatoms. The molecule has 0 bridgehead atoms. The van der Waals surface area contributed by atoms with Gasteiger partial charge in [0.25, 0.3) is 0 Å². The van der Waals surface area contributed by atoms with Crippen LogP contribution in [0.1, 0.15) is 26.8 Å². The summed E-state index contributed by atoms with van der Waals surface area (Å²) in [5, 5.41) is 4.67. The van der Waals surface area contributed by atoms with Crippen LogP contribution in [0.3, 0.4) is 0 Å². The van der Waals surface area contributed by atoms with Gasteiger partial charge in [0.05, 0.1) is 16.6 Å². The number of hydrogen-bond acceptors (Lipinski definition) is 7. The Balaban J connectivity index is 1.38. The number of imide groups is 1. The number of benzene rings is 2. The maximum atomic E-state index is 13.8. The first-order valence-electron chi connectivity index (χ1n) is 12.1. The summed E-state index contributed by atoms with van der Waals surface area (Å²) in [6.07, 6.45) is 0. The van der Waals surface area contributed by atoms with Crippen molar-refractivity contribution in [2.45, 2.75) is 36.6 Å². The van der Waals surface area contributed by atoms with Gasteiger partial charge in [-0.2, -0.15) is 0 Å². The van der Waals surface area contributed by atoms with Crippen LogP contribution in [0.15, 0.2) is 75.9 Å². The van der Waals surface area contributed by atoms with E-state index in [0.29, 0.717) is 16.4 Å². The first kappa shape index (κ1) is 24.8. The van der Waals surface area contributed by atoms with Gasteiger partial charge in [0, 0.05) is 21.4 Å². The lowest BCUT2D eigenvalue weighted by Gasteiger charge is -2.29. The third-order valence-corrected chi connectivity index (χ3v) is 10.4. The number of nitrogens with zero attached hydrogens (tertiary/aromatic N) is 2. The van der Waals surface area contributed by atoms with Crippen molar-refractivity contribution in [1.29, 1.82) is 0 Å². The number of fused-ring (bicyclic) bond motifs is 2. The number of aromatic nitrogens is 1. The highest BCUT2D eigenvalue weighted by Gasteiger charge is 2.57. The SMILES string of the molecule is Cc1ccc(NC(=O)Cn2c3c(sc2=O)[C@@H](c2cccs2)[C@H]2C(=O)N(c4ccc(C)cc4)C(=O)[C@H]2S3)cc1. The first-order chi connectivity index (χ1) is 18.3. The molecule has 0 saturated carbocycles. The second kappa shape index (κ2) is 9.68. The summed E-state index contributed by atoms with van der Waals surface area (Å²) in [6, 6.07) is 18.6. The van der Waals surface area contributed by atoms with E-state index in [9.17, 15) is 19.2 Å². The Hall–Kier alpha value is -3.47. The molecule has 3 atom stereocenters. The van der Waals surface area contributed by atoms with E-state index >= 15 is 0 Å². The number of thiophene rings is 1. The zero-order valence-electron chi connectivity index (χ0n) is 20.5. The maximum absolute atomic E-state index is 13.8. The molecule has 7 nitrogen and oxygen atoms in total. The highest BCUT2D eigenvalue weighted by Crippen LogP contribution is 2.54. The minimum Gasteiger partial charge on any atom is -0.325 e. The molecule has 1 saturated heterocycles. The van der Waals surface area contributed by atoms with Crippen molar-refractivity contribution in [3.63, 3.8) is 0 Å². The number of rotatable bonds is 5. The second-order valence-electron chi connectivity index (χ2n) is 9.44. The van der Waals surface area contributed by atoms with Gasteiger partial charge in [-0.15, -0.1) is 11.3 Å². The Morgan fingerprint density at radius 3 is 2.26 bits per heavy atom. The van der Waals surface area contributed by atoms with Crippen LogP contribution in [-0.4, -0.2) is 27.5 Å². The highest BCUT2D eigenvalue weighted by atomic mass is 32.2. The fourth-order valence-corrected chi connectivity index (χ4v) is 8.68. The zero-order valence-corrected chi connectivity index (χ0v) is 23.0. The molecule has 2 aromatic carbocycles. The summed E-state index contributed by atoms with van der Waals surface area (Å²) < 4.78 is 1.44. The Kier molecular flexibility index (Phi) is 6.33. The number of hydrogen-bond donors (Lipinski definition) is 1. The molecule has 4 aromatic rings. The van der Waals surface area contributed by atoms with Crippen molar-refractivity contribution >= 4 is 63.5 Å². The molecule has 1 N–H and O–H groups in total. The van der Waals surface area contributed by atoms with Crippen molar-refractivity contribution in [2.75, 3.05) is 10.2 Å². The van der Waals surface area contributed by atoms with Gasteiger partial charge in [-0.25, -0.2) is 4.90 Å². The van der Waals surface area contributed by atoms with Crippen molar-refractivity contribution in [3.8, 4) is 0 Å². The van der Waals surface area contributed by atoms with E-state index in [0.717, 1.165) is 32.2 Å². The monoisotopic (exact) mass is 561 g/mol. The number of carbonyl (C=O) groups is 3. The predicted octanol–water partition coefficient (Wildman–Crippen LogP) is 5.02. The van der Waals surface area contributed by atoms with Crippen LogP contribution in [0, 0.1) is 19.8 Å². The quantitative estimate of drug-likeness (QED) is 0.346. The van der Waals surface area contributed by atoms with E-state index in [1.165, 1.54) is 32.6 Å². The molecule has 38 heavy (non-hydrogen) atoms. The number of thiazole rings is 1. The molecule has 1 fully saturated rings. The van der Waals surface area contributed by atoms with Crippen LogP contribution in [-0.2, 0) is 20.9 Å².